The summed E-state index contributed by atoms with van der Waals surface area (Å²) in [7, 11) is 1.45. The van der Waals surface area contributed by atoms with Crippen LogP contribution >= 0.6 is 23.4 Å². The second-order valence-corrected chi connectivity index (χ2v) is 9.01. The number of aromatic nitrogens is 4. The Morgan fingerprint density at radius 3 is 2.54 bits per heavy atom. The number of pyridine rings is 1. The van der Waals surface area contributed by atoms with Gasteiger partial charge in [0.2, 0.25) is 0 Å². The molecule has 4 atom stereocenters. The van der Waals surface area contributed by atoms with Gasteiger partial charge in [-0.1, -0.05) is 28.6 Å². The first kappa shape index (κ1) is 26.9. The second kappa shape index (κ2) is 12.3. The number of aliphatic hydroxyl groups is 2. The second-order valence-electron chi connectivity index (χ2n) is 7.46. The van der Waals surface area contributed by atoms with E-state index in [1.54, 1.807) is 12.3 Å². The highest BCUT2D eigenvalue weighted by molar-refractivity contribution is 7.99. The molecule has 0 amide bonds. The van der Waals surface area contributed by atoms with Crippen molar-refractivity contribution in [2.24, 2.45) is 0 Å². The number of hydrogen-bond acceptors (Lipinski definition) is 9. The number of thioether (sulfide) groups is 1. The van der Waals surface area contributed by atoms with Crippen molar-refractivity contribution in [3.63, 3.8) is 0 Å². The first-order valence-corrected chi connectivity index (χ1v) is 11.6. The molecule has 0 fully saturated rings. The fourth-order valence-corrected chi connectivity index (χ4v) is 4.27. The first-order chi connectivity index (χ1) is 16.7. The SMILES string of the molecule is CO[C@@H](Cn1cc(-c2cc(F)c(Cl)c(F)c2)nn1)C(OC(CO)[C@@H](C)O)Sc1cncc(C#N)c1. The van der Waals surface area contributed by atoms with Gasteiger partial charge in [0.15, 0.2) is 0 Å². The van der Waals surface area contributed by atoms with Gasteiger partial charge in [0.05, 0.1) is 31.0 Å². The summed E-state index contributed by atoms with van der Waals surface area (Å²) < 4.78 is 40.7. The van der Waals surface area contributed by atoms with Crippen molar-refractivity contribution in [3.8, 4) is 17.3 Å². The summed E-state index contributed by atoms with van der Waals surface area (Å²) in [6, 6.07) is 5.74. The van der Waals surface area contributed by atoms with Gasteiger partial charge in [0, 0.05) is 30.0 Å². The lowest BCUT2D eigenvalue weighted by Crippen LogP contribution is -2.40. The number of ether oxygens (including phenoxy) is 2. The molecule has 0 aliphatic carbocycles. The van der Waals surface area contributed by atoms with Gasteiger partial charge in [-0.15, -0.1) is 5.10 Å². The topological polar surface area (TPSA) is 126 Å². The van der Waals surface area contributed by atoms with Crippen molar-refractivity contribution in [2.45, 2.75) is 42.1 Å². The van der Waals surface area contributed by atoms with Gasteiger partial charge in [0.1, 0.15) is 46.1 Å². The van der Waals surface area contributed by atoms with E-state index in [1.165, 1.54) is 42.9 Å². The Morgan fingerprint density at radius 2 is 1.94 bits per heavy atom. The number of benzene rings is 1. The number of aliphatic hydroxyl groups excluding tert-OH is 2. The van der Waals surface area contributed by atoms with Crippen molar-refractivity contribution >= 4 is 23.4 Å². The van der Waals surface area contributed by atoms with Crippen molar-refractivity contribution in [1.29, 1.82) is 5.26 Å². The molecular formula is C22H22ClF2N5O4S. The van der Waals surface area contributed by atoms with Crippen LogP contribution in [0.15, 0.2) is 41.7 Å². The van der Waals surface area contributed by atoms with Gasteiger partial charge in [-0.25, -0.2) is 13.5 Å². The molecule has 0 aliphatic heterocycles. The largest absolute Gasteiger partial charge is 0.394 e. The molecule has 3 rings (SSSR count). The Kier molecular flexibility index (Phi) is 9.50. The van der Waals surface area contributed by atoms with Crippen LogP contribution < -0.4 is 0 Å². The molecule has 2 heterocycles. The summed E-state index contributed by atoms with van der Waals surface area (Å²) in [4.78, 5) is 4.63. The van der Waals surface area contributed by atoms with E-state index in [4.69, 9.17) is 26.3 Å². The predicted molar refractivity (Wildman–Crippen MR) is 123 cm³/mol. The number of nitrogens with zero attached hydrogens (tertiary/aromatic N) is 5. The van der Waals surface area contributed by atoms with Crippen molar-refractivity contribution in [1.82, 2.24) is 20.0 Å². The molecule has 2 unspecified atom stereocenters. The lowest BCUT2D eigenvalue weighted by molar-refractivity contribution is -0.105. The van der Waals surface area contributed by atoms with E-state index >= 15 is 0 Å². The summed E-state index contributed by atoms with van der Waals surface area (Å²) in [6.45, 7) is 1.14. The minimum Gasteiger partial charge on any atom is -0.394 e. The number of hydrogen-bond donors (Lipinski definition) is 2. The fourth-order valence-electron chi connectivity index (χ4n) is 3.03. The van der Waals surface area contributed by atoms with E-state index in [9.17, 15) is 19.0 Å². The van der Waals surface area contributed by atoms with E-state index in [2.05, 4.69) is 15.3 Å². The van der Waals surface area contributed by atoms with Gasteiger partial charge in [0.25, 0.3) is 0 Å². The average molecular weight is 526 g/mol. The van der Waals surface area contributed by atoms with Crippen LogP contribution in [0, 0.1) is 23.0 Å². The summed E-state index contributed by atoms with van der Waals surface area (Å²) in [5.41, 5.74) is -0.0657. The van der Waals surface area contributed by atoms with Gasteiger partial charge in [-0.2, -0.15) is 5.26 Å². The molecule has 2 N–H and O–H groups in total. The fraction of sp³-hybridized carbons (Fsp3) is 0.364. The normalized spacial score (nSPS) is 14.8. The minimum atomic E-state index is -0.975. The van der Waals surface area contributed by atoms with Crippen LogP contribution in [0.4, 0.5) is 8.78 Å². The van der Waals surface area contributed by atoms with E-state index in [0.717, 1.165) is 12.1 Å². The van der Waals surface area contributed by atoms with Gasteiger partial charge >= 0.3 is 0 Å². The molecule has 0 bridgehead atoms. The maximum atomic E-state index is 13.9. The maximum absolute atomic E-state index is 13.9. The third-order valence-corrected chi connectivity index (χ3v) is 6.42. The number of halogens is 3. The molecule has 0 radical (unpaired) electrons. The molecule has 186 valence electrons. The quantitative estimate of drug-likeness (QED) is 0.220. The summed E-state index contributed by atoms with van der Waals surface area (Å²) >= 11 is 6.73. The Labute approximate surface area is 209 Å². The van der Waals surface area contributed by atoms with Gasteiger partial charge < -0.3 is 19.7 Å². The Hall–Kier alpha value is -2.66. The lowest BCUT2D eigenvalue weighted by atomic mass is 10.1. The Balaban J connectivity index is 1.85. The Bertz CT molecular complexity index is 1170. The molecule has 2 aromatic heterocycles. The van der Waals surface area contributed by atoms with E-state index in [-0.39, 0.29) is 17.8 Å². The van der Waals surface area contributed by atoms with E-state index in [1.807, 2.05) is 6.07 Å². The average Bonchev–Trinajstić information content (AvgIpc) is 3.32. The van der Waals surface area contributed by atoms with Crippen LogP contribution in [0.2, 0.25) is 5.02 Å². The summed E-state index contributed by atoms with van der Waals surface area (Å²) in [5, 5.41) is 36.1. The van der Waals surface area contributed by atoms with Gasteiger partial charge in [-0.3, -0.25) is 4.98 Å². The van der Waals surface area contributed by atoms with Crippen molar-refractivity contribution in [2.75, 3.05) is 13.7 Å². The third kappa shape index (κ3) is 6.94. The summed E-state index contributed by atoms with van der Waals surface area (Å²) in [6.07, 6.45) is 1.86. The smallest absolute Gasteiger partial charge is 0.145 e. The van der Waals surface area contributed by atoms with Crippen molar-refractivity contribution < 1.29 is 28.5 Å². The van der Waals surface area contributed by atoms with Crippen LogP contribution in [-0.4, -0.2) is 67.7 Å². The number of rotatable bonds is 11. The third-order valence-electron chi connectivity index (χ3n) is 4.91. The molecule has 0 saturated heterocycles. The number of nitriles is 1. The predicted octanol–water partition coefficient (Wildman–Crippen LogP) is 3.04. The standard InChI is InChI=1S/C22H22ClF2N5O4S/c1-12(32)20(11-31)34-22(35-15-3-13(6-26)7-27-8-15)19(33-2)10-30-9-18(28-29-30)14-4-16(24)21(23)17(25)5-14/h3-5,7-9,12,19-20,22,31-32H,10-11H2,1-2H3/t12-,19+,20?,22?/m1/s1. The highest BCUT2D eigenvalue weighted by Crippen LogP contribution is 2.30. The summed E-state index contributed by atoms with van der Waals surface area (Å²) in [5.74, 6) is -1.84. The minimum absolute atomic E-state index is 0.100. The van der Waals surface area contributed by atoms with Gasteiger partial charge in [-0.05, 0) is 25.1 Å². The van der Waals surface area contributed by atoms with Crippen LogP contribution in [0.5, 0.6) is 0 Å². The molecule has 35 heavy (non-hydrogen) atoms. The van der Waals surface area contributed by atoms with Crippen LogP contribution in [0.3, 0.4) is 0 Å². The monoisotopic (exact) mass is 525 g/mol. The highest BCUT2D eigenvalue weighted by Gasteiger charge is 2.29. The van der Waals surface area contributed by atoms with Crippen LogP contribution in [-0.2, 0) is 16.0 Å². The van der Waals surface area contributed by atoms with Crippen molar-refractivity contribution in [3.05, 3.63) is 59.0 Å². The molecule has 1 aromatic carbocycles. The lowest BCUT2D eigenvalue weighted by Gasteiger charge is -2.30. The van der Waals surface area contributed by atoms with Crippen LogP contribution in [0.25, 0.3) is 11.3 Å². The zero-order chi connectivity index (χ0) is 25.5. The van der Waals surface area contributed by atoms with Crippen LogP contribution in [0.1, 0.15) is 12.5 Å². The zero-order valence-electron chi connectivity index (χ0n) is 18.7. The molecule has 0 aliphatic rings. The Morgan fingerprint density at radius 1 is 1.23 bits per heavy atom. The first-order valence-electron chi connectivity index (χ1n) is 10.3. The number of methoxy groups -OCH3 is 1. The van der Waals surface area contributed by atoms with E-state index < -0.39 is 47.0 Å². The molecule has 0 spiro atoms. The highest BCUT2D eigenvalue weighted by atomic mass is 35.5. The molecule has 3 aromatic rings. The molecule has 9 nitrogen and oxygen atoms in total. The van der Waals surface area contributed by atoms with E-state index in [0.29, 0.717) is 10.5 Å². The molecule has 13 heteroatoms. The molecular weight excluding hydrogens is 504 g/mol. The maximum Gasteiger partial charge on any atom is 0.145 e. The molecule has 0 saturated carbocycles. The zero-order valence-corrected chi connectivity index (χ0v) is 20.2.